The molecule has 0 aliphatic carbocycles. The van der Waals surface area contributed by atoms with Gasteiger partial charge in [-0.2, -0.15) is 5.10 Å². The topological polar surface area (TPSA) is 51.9 Å². The van der Waals surface area contributed by atoms with Gasteiger partial charge in [0.25, 0.3) is 6.43 Å². The largest absolute Gasteiger partial charge is 0.346 e. The minimum absolute atomic E-state index is 0.0437. The first-order chi connectivity index (χ1) is 8.00. The van der Waals surface area contributed by atoms with Crippen molar-refractivity contribution in [1.29, 1.82) is 0 Å². The normalized spacial score (nSPS) is 16.8. The SMILES string of the molecule is CC(C)c1nn(CC(F)F)c(=O)n1C1CNC1. The molecule has 0 radical (unpaired) electrons. The first kappa shape index (κ1) is 12.2. The van der Waals surface area contributed by atoms with Crippen molar-refractivity contribution in [2.24, 2.45) is 0 Å². The van der Waals surface area contributed by atoms with E-state index in [1.807, 2.05) is 13.8 Å². The van der Waals surface area contributed by atoms with Crippen LogP contribution >= 0.6 is 0 Å². The maximum Gasteiger partial charge on any atom is 0.346 e. The summed E-state index contributed by atoms with van der Waals surface area (Å²) >= 11 is 0. The van der Waals surface area contributed by atoms with Gasteiger partial charge in [0.15, 0.2) is 0 Å². The van der Waals surface area contributed by atoms with Crippen LogP contribution in [-0.2, 0) is 6.54 Å². The first-order valence-corrected chi connectivity index (χ1v) is 5.68. The monoisotopic (exact) mass is 246 g/mol. The highest BCUT2D eigenvalue weighted by Gasteiger charge is 2.27. The van der Waals surface area contributed by atoms with Crippen molar-refractivity contribution in [3.63, 3.8) is 0 Å². The fourth-order valence-corrected chi connectivity index (χ4v) is 1.88. The lowest BCUT2D eigenvalue weighted by Gasteiger charge is -2.29. The Morgan fingerprint density at radius 1 is 1.47 bits per heavy atom. The maximum atomic E-state index is 12.3. The summed E-state index contributed by atoms with van der Waals surface area (Å²) in [7, 11) is 0. The highest BCUT2D eigenvalue weighted by atomic mass is 19.3. The van der Waals surface area contributed by atoms with Crippen LogP contribution in [0.15, 0.2) is 4.79 Å². The standard InChI is InChI=1S/C10H16F2N4O/c1-6(2)9-14-15(5-8(11)12)10(17)16(9)7-3-13-4-7/h6-8,13H,3-5H2,1-2H3. The summed E-state index contributed by atoms with van der Waals surface area (Å²) in [6.45, 7) is 4.56. The summed E-state index contributed by atoms with van der Waals surface area (Å²) < 4.78 is 27.1. The van der Waals surface area contributed by atoms with E-state index in [9.17, 15) is 13.6 Å². The van der Waals surface area contributed by atoms with E-state index in [0.29, 0.717) is 18.9 Å². The molecule has 96 valence electrons. The number of rotatable bonds is 4. The van der Waals surface area contributed by atoms with Gasteiger partial charge in [-0.1, -0.05) is 13.8 Å². The van der Waals surface area contributed by atoms with E-state index in [0.717, 1.165) is 4.68 Å². The molecular weight excluding hydrogens is 230 g/mol. The van der Waals surface area contributed by atoms with Crippen LogP contribution in [0.5, 0.6) is 0 Å². The van der Waals surface area contributed by atoms with Crippen molar-refractivity contribution in [3.8, 4) is 0 Å². The van der Waals surface area contributed by atoms with Crippen molar-refractivity contribution >= 4 is 0 Å². The van der Waals surface area contributed by atoms with E-state index in [4.69, 9.17) is 0 Å². The van der Waals surface area contributed by atoms with Gasteiger partial charge in [0, 0.05) is 19.0 Å². The molecule has 17 heavy (non-hydrogen) atoms. The Balaban J connectivity index is 2.40. The molecular formula is C10H16F2N4O. The summed E-state index contributed by atoms with van der Waals surface area (Å²) in [5.41, 5.74) is -0.430. The lowest BCUT2D eigenvalue weighted by atomic mass is 10.1. The Morgan fingerprint density at radius 3 is 2.53 bits per heavy atom. The second kappa shape index (κ2) is 4.56. The molecule has 1 aliphatic rings. The maximum absolute atomic E-state index is 12.3. The fourth-order valence-electron chi connectivity index (χ4n) is 1.88. The van der Waals surface area contributed by atoms with Crippen LogP contribution in [0, 0.1) is 0 Å². The van der Waals surface area contributed by atoms with E-state index in [1.54, 1.807) is 4.57 Å². The van der Waals surface area contributed by atoms with Crippen molar-refractivity contribution in [1.82, 2.24) is 19.7 Å². The lowest BCUT2D eigenvalue weighted by Crippen LogP contribution is -2.47. The number of hydrogen-bond acceptors (Lipinski definition) is 3. The third-order valence-electron chi connectivity index (χ3n) is 2.85. The highest BCUT2D eigenvalue weighted by molar-refractivity contribution is 5.00. The highest BCUT2D eigenvalue weighted by Crippen LogP contribution is 2.17. The van der Waals surface area contributed by atoms with Crippen molar-refractivity contribution in [3.05, 3.63) is 16.3 Å². The summed E-state index contributed by atoms with van der Waals surface area (Å²) in [5, 5.41) is 7.07. The Kier molecular flexibility index (Phi) is 3.28. The predicted octanol–water partition coefficient (Wildman–Crippen LogP) is 0.578. The molecule has 1 aromatic rings. The predicted molar refractivity (Wildman–Crippen MR) is 58.5 cm³/mol. The number of aromatic nitrogens is 3. The molecule has 0 bridgehead atoms. The number of nitrogens with zero attached hydrogens (tertiary/aromatic N) is 3. The molecule has 0 spiro atoms. The number of alkyl halides is 2. The molecule has 7 heteroatoms. The summed E-state index contributed by atoms with van der Waals surface area (Å²) in [6.07, 6.45) is -2.56. The minimum Gasteiger partial charge on any atom is -0.313 e. The summed E-state index contributed by atoms with van der Waals surface area (Å²) in [6, 6.07) is 0.0475. The Morgan fingerprint density at radius 2 is 2.12 bits per heavy atom. The van der Waals surface area contributed by atoms with Crippen molar-refractivity contribution in [2.45, 2.75) is 38.8 Å². The number of halogens is 2. The second-order valence-electron chi connectivity index (χ2n) is 4.55. The molecule has 2 rings (SSSR count). The molecule has 0 atom stereocenters. The molecule has 1 fully saturated rings. The zero-order chi connectivity index (χ0) is 12.6. The molecule has 1 aliphatic heterocycles. The first-order valence-electron chi connectivity index (χ1n) is 5.68. The summed E-state index contributed by atoms with van der Waals surface area (Å²) in [5.74, 6) is 0.629. The molecule has 5 nitrogen and oxygen atoms in total. The van der Waals surface area contributed by atoms with Gasteiger partial charge in [-0.05, 0) is 0 Å². The van der Waals surface area contributed by atoms with Crippen LogP contribution in [-0.4, -0.2) is 33.9 Å². The third-order valence-corrected chi connectivity index (χ3v) is 2.85. The van der Waals surface area contributed by atoms with Gasteiger partial charge in [0.05, 0.1) is 6.04 Å². The van der Waals surface area contributed by atoms with E-state index in [1.165, 1.54) is 0 Å². The van der Waals surface area contributed by atoms with Gasteiger partial charge in [-0.3, -0.25) is 4.57 Å². The van der Waals surface area contributed by atoms with E-state index >= 15 is 0 Å². The van der Waals surface area contributed by atoms with Gasteiger partial charge in [0.1, 0.15) is 12.4 Å². The number of nitrogens with one attached hydrogen (secondary N) is 1. The quantitative estimate of drug-likeness (QED) is 0.845. The number of hydrogen-bond donors (Lipinski definition) is 1. The Labute approximate surface area is 97.4 Å². The van der Waals surface area contributed by atoms with Crippen LogP contribution in [0.3, 0.4) is 0 Å². The van der Waals surface area contributed by atoms with Crippen LogP contribution in [0.2, 0.25) is 0 Å². The average molecular weight is 246 g/mol. The molecule has 0 unspecified atom stereocenters. The minimum atomic E-state index is -2.56. The van der Waals surface area contributed by atoms with E-state index in [2.05, 4.69) is 10.4 Å². The Bertz CT molecular complexity index is 448. The molecule has 1 saturated heterocycles. The van der Waals surface area contributed by atoms with Crippen LogP contribution in [0.4, 0.5) is 8.78 Å². The fraction of sp³-hybridized carbons (Fsp3) is 0.800. The van der Waals surface area contributed by atoms with Gasteiger partial charge in [0.2, 0.25) is 0 Å². The molecule has 2 heterocycles. The second-order valence-corrected chi connectivity index (χ2v) is 4.55. The van der Waals surface area contributed by atoms with Gasteiger partial charge in [-0.15, -0.1) is 0 Å². The van der Waals surface area contributed by atoms with Crippen LogP contribution < -0.4 is 11.0 Å². The van der Waals surface area contributed by atoms with E-state index in [-0.39, 0.29) is 12.0 Å². The third kappa shape index (κ3) is 2.24. The molecule has 0 amide bonds. The van der Waals surface area contributed by atoms with Gasteiger partial charge < -0.3 is 5.32 Å². The Hall–Kier alpha value is -1.24. The van der Waals surface area contributed by atoms with Gasteiger partial charge >= 0.3 is 5.69 Å². The van der Waals surface area contributed by atoms with Crippen LogP contribution in [0.25, 0.3) is 0 Å². The average Bonchev–Trinajstić information content (AvgIpc) is 2.43. The molecule has 0 aromatic carbocycles. The van der Waals surface area contributed by atoms with E-state index < -0.39 is 18.7 Å². The lowest BCUT2D eigenvalue weighted by molar-refractivity contribution is 0.119. The smallest absolute Gasteiger partial charge is 0.313 e. The van der Waals surface area contributed by atoms with Crippen molar-refractivity contribution < 1.29 is 8.78 Å². The van der Waals surface area contributed by atoms with Gasteiger partial charge in [-0.25, -0.2) is 18.3 Å². The molecule has 1 N–H and O–H groups in total. The molecule has 0 saturated carbocycles. The van der Waals surface area contributed by atoms with Crippen molar-refractivity contribution in [2.75, 3.05) is 13.1 Å². The van der Waals surface area contributed by atoms with Crippen LogP contribution in [0.1, 0.15) is 31.6 Å². The zero-order valence-electron chi connectivity index (χ0n) is 9.86. The summed E-state index contributed by atoms with van der Waals surface area (Å²) in [4.78, 5) is 12.0. The zero-order valence-corrected chi connectivity index (χ0v) is 9.86. The molecule has 1 aromatic heterocycles.